The van der Waals surface area contributed by atoms with Crippen LogP contribution in [0.3, 0.4) is 0 Å². The molecule has 0 aliphatic heterocycles. The predicted octanol–water partition coefficient (Wildman–Crippen LogP) is 2.51. The lowest BCUT2D eigenvalue weighted by Gasteiger charge is -2.19. The van der Waals surface area contributed by atoms with Crippen LogP contribution in [0.25, 0.3) is 0 Å². The normalized spacial score (nSPS) is 13.2. The maximum absolute atomic E-state index is 12.0. The molecule has 0 aliphatic rings. The molecule has 0 spiro atoms. The third-order valence-corrected chi connectivity index (χ3v) is 4.57. The molecule has 5 nitrogen and oxygen atoms in total. The fourth-order valence-electron chi connectivity index (χ4n) is 2.50. The van der Waals surface area contributed by atoms with Gasteiger partial charge in [0.2, 0.25) is 0 Å². The van der Waals surface area contributed by atoms with Crippen molar-refractivity contribution in [3.63, 3.8) is 0 Å². The molecule has 0 saturated heterocycles. The van der Waals surface area contributed by atoms with Crippen LogP contribution in [0.4, 0.5) is 4.79 Å². The van der Waals surface area contributed by atoms with E-state index in [2.05, 4.69) is 27.4 Å². The van der Waals surface area contributed by atoms with Gasteiger partial charge in [-0.05, 0) is 66.9 Å². The summed E-state index contributed by atoms with van der Waals surface area (Å²) in [6.07, 6.45) is 1.61. The molecule has 2 amide bonds. The second-order valence-corrected chi connectivity index (χ2v) is 6.73. The second-order valence-electron chi connectivity index (χ2n) is 5.95. The molecule has 2 rings (SSSR count). The molecular formula is C18H25N3O2S. The van der Waals surface area contributed by atoms with Gasteiger partial charge in [0.05, 0.1) is 0 Å². The topological polar surface area (TPSA) is 73.4 Å². The van der Waals surface area contributed by atoms with Gasteiger partial charge in [-0.25, -0.2) is 4.79 Å². The van der Waals surface area contributed by atoms with E-state index in [1.54, 1.807) is 23.5 Å². The van der Waals surface area contributed by atoms with Gasteiger partial charge in [-0.3, -0.25) is 0 Å². The van der Waals surface area contributed by atoms with Gasteiger partial charge in [-0.15, -0.1) is 0 Å². The van der Waals surface area contributed by atoms with Crippen LogP contribution < -0.4 is 16.0 Å². The fraction of sp³-hybridized carbons (Fsp3) is 0.389. The van der Waals surface area contributed by atoms with Crippen molar-refractivity contribution in [1.82, 2.24) is 16.0 Å². The Balaban J connectivity index is 1.73. The summed E-state index contributed by atoms with van der Waals surface area (Å²) < 4.78 is 0. The van der Waals surface area contributed by atoms with Gasteiger partial charge >= 0.3 is 6.03 Å². The minimum atomic E-state index is -0.149. The molecule has 6 heteroatoms. The molecule has 4 N–H and O–H groups in total. The third-order valence-electron chi connectivity index (χ3n) is 3.84. The smallest absolute Gasteiger partial charge is 0.315 e. The van der Waals surface area contributed by atoms with Gasteiger partial charge in [-0.2, -0.15) is 11.3 Å². The van der Waals surface area contributed by atoms with E-state index in [1.807, 2.05) is 31.5 Å². The highest BCUT2D eigenvalue weighted by Crippen LogP contribution is 2.11. The third kappa shape index (κ3) is 6.22. The van der Waals surface area contributed by atoms with Crippen LogP contribution in [0.2, 0.25) is 0 Å². The monoisotopic (exact) mass is 347 g/mol. The first kappa shape index (κ1) is 18.3. The number of nitrogens with one attached hydrogen (secondary N) is 3. The Morgan fingerprint density at radius 2 is 1.92 bits per heavy atom. The number of phenols is 1. The number of carbonyl (C=O) groups excluding carboxylic acids is 1. The number of thiophene rings is 1. The van der Waals surface area contributed by atoms with Crippen LogP contribution in [-0.2, 0) is 12.8 Å². The zero-order chi connectivity index (χ0) is 17.4. The average Bonchev–Trinajstić information content (AvgIpc) is 3.06. The molecular weight excluding hydrogens is 322 g/mol. The number of likely N-dealkylation sites (N-methyl/N-ethyl adjacent to an activating group) is 1. The van der Waals surface area contributed by atoms with Crippen LogP contribution in [-0.4, -0.2) is 36.8 Å². The molecule has 0 radical (unpaired) electrons. The molecule has 1 heterocycles. The Morgan fingerprint density at radius 3 is 2.54 bits per heavy atom. The number of carbonyl (C=O) groups is 1. The van der Waals surface area contributed by atoms with Crippen LogP contribution in [0.5, 0.6) is 5.75 Å². The first-order chi connectivity index (χ1) is 11.6. The summed E-state index contributed by atoms with van der Waals surface area (Å²) in [6.45, 7) is 2.54. The molecule has 1 aromatic carbocycles. The van der Waals surface area contributed by atoms with E-state index in [1.165, 1.54) is 5.56 Å². The number of benzene rings is 1. The van der Waals surface area contributed by atoms with Crippen LogP contribution >= 0.6 is 11.3 Å². The summed E-state index contributed by atoms with van der Waals surface area (Å²) in [5.41, 5.74) is 2.36. The minimum absolute atomic E-state index is 0.0877. The highest BCUT2D eigenvalue weighted by atomic mass is 32.1. The first-order valence-electron chi connectivity index (χ1n) is 8.07. The van der Waals surface area contributed by atoms with Crippen molar-refractivity contribution in [3.05, 3.63) is 52.2 Å². The summed E-state index contributed by atoms with van der Waals surface area (Å²) in [5, 5.41) is 22.6. The highest BCUT2D eigenvalue weighted by molar-refractivity contribution is 7.07. The van der Waals surface area contributed by atoms with E-state index in [0.29, 0.717) is 6.54 Å². The lowest BCUT2D eigenvalue weighted by atomic mass is 10.1. The zero-order valence-corrected chi connectivity index (χ0v) is 14.9. The van der Waals surface area contributed by atoms with Crippen molar-refractivity contribution in [2.45, 2.75) is 31.8 Å². The van der Waals surface area contributed by atoms with Gasteiger partial charge in [0, 0.05) is 18.6 Å². The summed E-state index contributed by atoms with van der Waals surface area (Å²) >= 11 is 1.67. The van der Waals surface area contributed by atoms with Crippen molar-refractivity contribution in [2.24, 2.45) is 0 Å². The maximum Gasteiger partial charge on any atom is 0.315 e. The van der Waals surface area contributed by atoms with E-state index >= 15 is 0 Å². The van der Waals surface area contributed by atoms with E-state index < -0.39 is 0 Å². The Bertz CT molecular complexity index is 614. The van der Waals surface area contributed by atoms with Crippen LogP contribution in [0.1, 0.15) is 18.1 Å². The molecule has 1 unspecified atom stereocenters. The Kier molecular flexibility index (Phi) is 7.08. The SMILES string of the molecule is CNC(CNC(=O)N[C@@H](C)Cc1ccsc1)Cc1ccc(O)cc1. The van der Waals surface area contributed by atoms with Crippen molar-refractivity contribution >= 4 is 17.4 Å². The predicted molar refractivity (Wildman–Crippen MR) is 98.7 cm³/mol. The van der Waals surface area contributed by atoms with E-state index in [-0.39, 0.29) is 23.9 Å². The van der Waals surface area contributed by atoms with Crippen LogP contribution in [0, 0.1) is 0 Å². The Labute approximate surface area is 147 Å². The molecule has 2 atom stereocenters. The zero-order valence-electron chi connectivity index (χ0n) is 14.1. The number of phenolic OH excluding ortho intramolecular Hbond substituents is 1. The van der Waals surface area contributed by atoms with Gasteiger partial charge in [0.1, 0.15) is 5.75 Å². The number of urea groups is 1. The van der Waals surface area contributed by atoms with Crippen molar-refractivity contribution in [3.8, 4) is 5.75 Å². The first-order valence-corrected chi connectivity index (χ1v) is 9.01. The van der Waals surface area contributed by atoms with Crippen molar-refractivity contribution in [2.75, 3.05) is 13.6 Å². The van der Waals surface area contributed by atoms with Crippen LogP contribution in [0.15, 0.2) is 41.1 Å². The van der Waals surface area contributed by atoms with Gasteiger partial charge < -0.3 is 21.1 Å². The summed E-state index contributed by atoms with van der Waals surface area (Å²) in [4.78, 5) is 12.0. The van der Waals surface area contributed by atoms with Gasteiger partial charge in [0.25, 0.3) is 0 Å². The molecule has 24 heavy (non-hydrogen) atoms. The lowest BCUT2D eigenvalue weighted by molar-refractivity contribution is 0.236. The molecule has 0 aliphatic carbocycles. The quantitative estimate of drug-likeness (QED) is 0.593. The largest absolute Gasteiger partial charge is 0.508 e. The molecule has 0 bridgehead atoms. The molecule has 1 aromatic heterocycles. The van der Waals surface area contributed by atoms with E-state index in [0.717, 1.165) is 18.4 Å². The number of amides is 2. The summed E-state index contributed by atoms with van der Waals surface area (Å²) in [6, 6.07) is 9.28. The highest BCUT2D eigenvalue weighted by Gasteiger charge is 2.12. The number of hydrogen-bond donors (Lipinski definition) is 4. The number of rotatable bonds is 8. The molecule has 0 saturated carbocycles. The van der Waals surface area contributed by atoms with E-state index in [4.69, 9.17) is 0 Å². The number of aromatic hydroxyl groups is 1. The van der Waals surface area contributed by atoms with Crippen molar-refractivity contribution < 1.29 is 9.90 Å². The Hall–Kier alpha value is -2.05. The maximum atomic E-state index is 12.0. The number of hydrogen-bond acceptors (Lipinski definition) is 4. The van der Waals surface area contributed by atoms with Crippen molar-refractivity contribution in [1.29, 1.82) is 0 Å². The summed E-state index contributed by atoms with van der Waals surface area (Å²) in [5.74, 6) is 0.261. The second kappa shape index (κ2) is 9.30. The lowest BCUT2D eigenvalue weighted by Crippen LogP contribution is -2.47. The standard InChI is InChI=1S/C18H25N3O2S/c1-13(9-15-7-8-24-12-15)21-18(23)20-11-16(19-2)10-14-3-5-17(22)6-4-14/h3-8,12-13,16,19,22H,9-11H2,1-2H3,(H2,20,21,23)/t13-,16?/m0/s1. The van der Waals surface area contributed by atoms with Gasteiger partial charge in [0.15, 0.2) is 0 Å². The van der Waals surface area contributed by atoms with Gasteiger partial charge in [-0.1, -0.05) is 12.1 Å². The Morgan fingerprint density at radius 1 is 1.17 bits per heavy atom. The molecule has 0 fully saturated rings. The van der Waals surface area contributed by atoms with E-state index in [9.17, 15) is 9.90 Å². The molecule has 130 valence electrons. The fourth-order valence-corrected chi connectivity index (χ4v) is 3.18. The molecule has 2 aromatic rings. The summed E-state index contributed by atoms with van der Waals surface area (Å²) in [7, 11) is 1.88. The average molecular weight is 347 g/mol. The minimum Gasteiger partial charge on any atom is -0.508 e.